The number of rotatable bonds is 13. The summed E-state index contributed by atoms with van der Waals surface area (Å²) >= 11 is 13.4. The molecule has 14 heteroatoms. The van der Waals surface area contributed by atoms with Crippen LogP contribution in [0.4, 0.5) is 0 Å². The van der Waals surface area contributed by atoms with E-state index < -0.39 is 11.8 Å². The van der Waals surface area contributed by atoms with Crippen LogP contribution in [-0.2, 0) is 11.3 Å². The van der Waals surface area contributed by atoms with Crippen LogP contribution in [0.2, 0.25) is 10.0 Å². The first-order chi connectivity index (χ1) is 21.7. The number of ether oxygens (including phenoxy) is 1. The van der Waals surface area contributed by atoms with Crippen molar-refractivity contribution in [2.45, 2.75) is 13.5 Å². The number of thiophene rings is 1. The van der Waals surface area contributed by atoms with Crippen LogP contribution >= 0.6 is 34.5 Å². The van der Waals surface area contributed by atoms with E-state index in [-0.39, 0.29) is 42.7 Å². The summed E-state index contributed by atoms with van der Waals surface area (Å²) in [4.78, 5) is 42.1. The predicted molar refractivity (Wildman–Crippen MR) is 173 cm³/mol. The predicted octanol–water partition coefficient (Wildman–Crippen LogP) is 4.65. The molecule has 234 valence electrons. The van der Waals surface area contributed by atoms with Gasteiger partial charge in [-0.15, -0.1) is 11.3 Å². The largest absolute Gasteiger partial charge is 0.506 e. The lowest BCUT2D eigenvalue weighted by Gasteiger charge is -2.08. The van der Waals surface area contributed by atoms with Crippen LogP contribution < -0.4 is 16.1 Å². The molecule has 4 rings (SSSR count). The summed E-state index contributed by atoms with van der Waals surface area (Å²) in [6.45, 7) is 2.61. The van der Waals surface area contributed by atoms with Crippen molar-refractivity contribution >= 4 is 58.0 Å². The Bertz CT molecular complexity index is 1690. The van der Waals surface area contributed by atoms with Gasteiger partial charge in [0.1, 0.15) is 11.4 Å². The van der Waals surface area contributed by atoms with Crippen LogP contribution in [0.15, 0.2) is 71.3 Å². The average Bonchev–Trinajstić information content (AvgIpc) is 3.44. The van der Waals surface area contributed by atoms with Gasteiger partial charge in [0.05, 0.1) is 51.6 Å². The molecular weight excluding hydrogens is 641 g/mol. The van der Waals surface area contributed by atoms with E-state index in [2.05, 4.69) is 26.1 Å². The first-order valence-corrected chi connectivity index (χ1v) is 15.2. The van der Waals surface area contributed by atoms with Gasteiger partial charge in [-0.1, -0.05) is 41.4 Å². The van der Waals surface area contributed by atoms with Gasteiger partial charge in [-0.05, 0) is 54.4 Å². The van der Waals surface area contributed by atoms with Crippen LogP contribution in [0.1, 0.15) is 49.3 Å². The van der Waals surface area contributed by atoms with Gasteiger partial charge >= 0.3 is 0 Å². The van der Waals surface area contributed by atoms with Gasteiger partial charge in [-0.2, -0.15) is 5.10 Å². The summed E-state index contributed by atoms with van der Waals surface area (Å²) in [7, 11) is 0. The molecule has 0 aliphatic rings. The lowest BCUT2D eigenvalue weighted by Crippen LogP contribution is -2.27. The molecule has 4 aromatic rings. The van der Waals surface area contributed by atoms with Gasteiger partial charge in [-0.3, -0.25) is 19.4 Å². The zero-order chi connectivity index (χ0) is 32.3. The molecule has 2 aromatic heterocycles. The number of halogens is 2. The van der Waals surface area contributed by atoms with E-state index >= 15 is 0 Å². The van der Waals surface area contributed by atoms with Gasteiger partial charge < -0.3 is 25.6 Å². The Morgan fingerprint density at radius 2 is 1.69 bits per heavy atom. The van der Waals surface area contributed by atoms with E-state index in [1.54, 1.807) is 54.8 Å². The van der Waals surface area contributed by atoms with Gasteiger partial charge in [0.15, 0.2) is 0 Å². The second kappa shape index (κ2) is 16.1. The Labute approximate surface area is 272 Å². The molecule has 0 radical (unpaired) electrons. The summed E-state index contributed by atoms with van der Waals surface area (Å²) in [5, 5.41) is 31.5. The summed E-state index contributed by atoms with van der Waals surface area (Å²) < 4.78 is 5.11. The number of hydrogen-bond donors (Lipinski definition) is 5. The first kappa shape index (κ1) is 33.6. The van der Waals surface area contributed by atoms with Crippen LogP contribution in [0.5, 0.6) is 5.75 Å². The number of hydrazone groups is 1. The SMILES string of the molecule is C/C(=N\NC(=O)c1ccc(C(=O)NCc2ccc(C(=O)NCCOCCO)cc2)nc1)c1csc(-c2ccc(Cl)c(Cl)c2)c1O. The highest BCUT2D eigenvalue weighted by molar-refractivity contribution is 7.14. The van der Waals surface area contributed by atoms with E-state index in [1.165, 1.54) is 29.7 Å². The molecule has 2 heterocycles. The lowest BCUT2D eigenvalue weighted by atomic mass is 10.1. The molecule has 0 aliphatic heterocycles. The van der Waals surface area contributed by atoms with Crippen LogP contribution in [-0.4, -0.2) is 65.0 Å². The van der Waals surface area contributed by atoms with Crippen molar-refractivity contribution in [2.75, 3.05) is 26.4 Å². The molecule has 0 saturated carbocycles. The third-order valence-electron chi connectivity index (χ3n) is 6.36. The molecular formula is C31H29Cl2N5O6S. The van der Waals surface area contributed by atoms with Crippen LogP contribution in [0, 0.1) is 0 Å². The number of aliphatic hydroxyl groups is 1. The molecule has 5 N–H and O–H groups in total. The molecule has 2 aromatic carbocycles. The van der Waals surface area contributed by atoms with E-state index in [9.17, 15) is 19.5 Å². The Hall–Kier alpha value is -4.33. The second-order valence-corrected chi connectivity index (χ2v) is 11.2. The highest BCUT2D eigenvalue weighted by Crippen LogP contribution is 2.40. The normalized spacial score (nSPS) is 11.2. The number of amides is 3. The third-order valence-corrected chi connectivity index (χ3v) is 8.11. The minimum atomic E-state index is -0.546. The Morgan fingerprint density at radius 3 is 2.38 bits per heavy atom. The molecule has 0 aliphatic carbocycles. The molecule has 0 fully saturated rings. The number of pyridine rings is 1. The molecule has 0 unspecified atom stereocenters. The molecule has 0 saturated heterocycles. The van der Waals surface area contributed by atoms with E-state index in [0.717, 1.165) is 5.56 Å². The highest BCUT2D eigenvalue weighted by Gasteiger charge is 2.16. The Kier molecular flexibility index (Phi) is 12.0. The summed E-state index contributed by atoms with van der Waals surface area (Å²) in [6, 6.07) is 14.7. The van der Waals surface area contributed by atoms with E-state index in [0.29, 0.717) is 50.5 Å². The van der Waals surface area contributed by atoms with Crippen molar-refractivity contribution in [3.8, 4) is 16.2 Å². The van der Waals surface area contributed by atoms with Crippen LogP contribution in [0.3, 0.4) is 0 Å². The smallest absolute Gasteiger partial charge is 0.272 e. The molecule has 45 heavy (non-hydrogen) atoms. The Balaban J connectivity index is 1.27. The minimum Gasteiger partial charge on any atom is -0.506 e. The fourth-order valence-corrected chi connectivity index (χ4v) is 5.23. The number of benzene rings is 2. The Morgan fingerprint density at radius 1 is 0.933 bits per heavy atom. The van der Waals surface area contributed by atoms with E-state index in [1.807, 2.05) is 0 Å². The maximum absolute atomic E-state index is 12.6. The third kappa shape index (κ3) is 9.10. The number of nitrogens with zero attached hydrogens (tertiary/aromatic N) is 2. The summed E-state index contributed by atoms with van der Waals surface area (Å²) in [6.07, 6.45) is 1.27. The number of carbonyl (C=O) groups is 3. The molecule has 3 amide bonds. The zero-order valence-electron chi connectivity index (χ0n) is 24.0. The summed E-state index contributed by atoms with van der Waals surface area (Å²) in [5.74, 6) is -1.24. The topological polar surface area (TPSA) is 162 Å². The number of aromatic hydroxyl groups is 1. The van der Waals surface area contributed by atoms with Crippen molar-refractivity contribution in [3.63, 3.8) is 0 Å². The van der Waals surface area contributed by atoms with Crippen molar-refractivity contribution in [1.29, 1.82) is 0 Å². The minimum absolute atomic E-state index is 0.00384. The maximum atomic E-state index is 12.6. The molecule has 11 nitrogen and oxygen atoms in total. The number of aromatic nitrogens is 1. The number of carbonyl (C=O) groups excluding carboxylic acids is 3. The zero-order valence-corrected chi connectivity index (χ0v) is 26.3. The fraction of sp³-hybridized carbons (Fsp3) is 0.194. The van der Waals surface area contributed by atoms with Crippen molar-refractivity contribution in [3.05, 3.63) is 104 Å². The average molecular weight is 671 g/mol. The van der Waals surface area contributed by atoms with Crippen molar-refractivity contribution < 1.29 is 29.3 Å². The van der Waals surface area contributed by atoms with Crippen molar-refractivity contribution in [1.82, 2.24) is 21.0 Å². The monoisotopic (exact) mass is 669 g/mol. The first-order valence-electron chi connectivity index (χ1n) is 13.6. The van der Waals surface area contributed by atoms with E-state index in [4.69, 9.17) is 33.0 Å². The second-order valence-electron chi connectivity index (χ2n) is 9.50. The fourth-order valence-electron chi connectivity index (χ4n) is 3.92. The number of aliphatic hydroxyl groups excluding tert-OH is 1. The molecule has 0 bridgehead atoms. The highest BCUT2D eigenvalue weighted by atomic mass is 35.5. The van der Waals surface area contributed by atoms with Crippen molar-refractivity contribution in [2.24, 2.45) is 5.10 Å². The van der Waals surface area contributed by atoms with Gasteiger partial charge in [0.25, 0.3) is 17.7 Å². The number of hydrogen-bond acceptors (Lipinski definition) is 9. The quantitative estimate of drug-likeness (QED) is 0.0786. The summed E-state index contributed by atoms with van der Waals surface area (Å²) in [5.41, 5.74) is 5.49. The maximum Gasteiger partial charge on any atom is 0.272 e. The standard InChI is InChI=1S/C31H29Cl2N5O6S/c1-18(23-17-45-28(27(23)40)21-6-8-24(32)25(33)14-21)37-38-30(42)22-7-9-26(35-16-22)31(43)36-15-19-2-4-20(5-3-19)29(41)34-10-12-44-13-11-39/h2-9,14,16-17,39-40H,10-13,15H2,1H3,(H,34,41)(H,36,43)(H,38,42)/b37-18+. The molecule has 0 atom stereocenters. The van der Waals surface area contributed by atoms with Gasteiger partial charge in [0, 0.05) is 30.2 Å². The van der Waals surface area contributed by atoms with Gasteiger partial charge in [0.2, 0.25) is 0 Å². The van der Waals surface area contributed by atoms with Crippen LogP contribution in [0.25, 0.3) is 10.4 Å². The molecule has 0 spiro atoms. The van der Waals surface area contributed by atoms with Gasteiger partial charge in [-0.25, -0.2) is 5.43 Å². The lowest BCUT2D eigenvalue weighted by molar-refractivity contribution is 0.0837. The number of nitrogens with one attached hydrogen (secondary N) is 3.